The molecule has 0 bridgehead atoms. The van der Waals surface area contributed by atoms with Gasteiger partial charge in [0.2, 0.25) is 11.8 Å². The Bertz CT molecular complexity index is 1410. The van der Waals surface area contributed by atoms with E-state index in [-0.39, 0.29) is 53.6 Å². The number of alkyl halides is 3. The Morgan fingerprint density at radius 3 is 2.47 bits per heavy atom. The number of rotatable bonds is 6. The summed E-state index contributed by atoms with van der Waals surface area (Å²) in [4.78, 5) is -0.219. The van der Waals surface area contributed by atoms with E-state index in [1.54, 1.807) is 0 Å². The lowest BCUT2D eigenvalue weighted by Crippen LogP contribution is -2.45. The summed E-state index contributed by atoms with van der Waals surface area (Å²) in [5, 5.41) is 26.5. The van der Waals surface area contributed by atoms with Gasteiger partial charge < -0.3 is 9.52 Å². The highest BCUT2D eigenvalue weighted by Crippen LogP contribution is 2.42. The van der Waals surface area contributed by atoms with E-state index in [0.717, 1.165) is 40.7 Å². The number of aliphatic hydroxyl groups is 1. The van der Waals surface area contributed by atoms with Crippen LogP contribution in [0.5, 0.6) is 0 Å². The highest BCUT2D eigenvalue weighted by molar-refractivity contribution is 7.92. The van der Waals surface area contributed by atoms with Crippen molar-refractivity contribution >= 4 is 15.7 Å². The quantitative estimate of drug-likeness (QED) is 0.487. The summed E-state index contributed by atoms with van der Waals surface area (Å²) < 4.78 is 87.5. The van der Waals surface area contributed by atoms with Crippen molar-refractivity contribution in [3.63, 3.8) is 0 Å². The van der Waals surface area contributed by atoms with Gasteiger partial charge in [0.25, 0.3) is 10.0 Å². The summed E-state index contributed by atoms with van der Waals surface area (Å²) in [6.07, 6.45) is -4.71. The molecule has 2 heterocycles. The monoisotopic (exact) mass is 524 g/mol. The van der Waals surface area contributed by atoms with Crippen LogP contribution in [0.1, 0.15) is 36.3 Å². The molecule has 0 spiro atoms. The standard InChI is InChI=1S/C23H20F4N4O4S/c1-22(32,23(25,26)27)15-3-9-19-14(12-15)2-6-17(13-21-30-29-20(35-21)10-11-28)31(19)36(33,34)18-7-4-16(24)5-8-18/h3-5,7-9,12,17,32H,2,6,10,13H2,1H3/t17-,22?/m0/s1. The van der Waals surface area contributed by atoms with E-state index < -0.39 is 39.2 Å². The van der Waals surface area contributed by atoms with Crippen molar-refractivity contribution < 1.29 is 35.5 Å². The average molecular weight is 524 g/mol. The number of aromatic nitrogens is 2. The first kappa shape index (κ1) is 25.6. The number of hydrogen-bond donors (Lipinski definition) is 1. The second kappa shape index (κ2) is 9.18. The van der Waals surface area contributed by atoms with Crippen molar-refractivity contribution in [1.82, 2.24) is 10.2 Å². The molecular weight excluding hydrogens is 504 g/mol. The van der Waals surface area contributed by atoms with Gasteiger partial charge in [-0.1, -0.05) is 12.1 Å². The van der Waals surface area contributed by atoms with Crippen LogP contribution < -0.4 is 4.31 Å². The molecule has 1 N–H and O–H groups in total. The fourth-order valence-electron chi connectivity index (χ4n) is 4.05. The summed E-state index contributed by atoms with van der Waals surface area (Å²) in [5.41, 5.74) is -3.16. The van der Waals surface area contributed by atoms with Crippen LogP contribution in [0.4, 0.5) is 23.2 Å². The smallest absolute Gasteiger partial charge is 0.421 e. The minimum Gasteiger partial charge on any atom is -0.424 e. The van der Waals surface area contributed by atoms with Gasteiger partial charge in [0, 0.05) is 6.42 Å². The predicted molar refractivity (Wildman–Crippen MR) is 118 cm³/mol. The van der Waals surface area contributed by atoms with E-state index in [2.05, 4.69) is 10.2 Å². The molecule has 0 saturated carbocycles. The van der Waals surface area contributed by atoms with Gasteiger partial charge in [-0.05, 0) is 61.2 Å². The molecule has 0 aliphatic carbocycles. The third-order valence-corrected chi connectivity index (χ3v) is 7.91. The molecule has 0 radical (unpaired) electrons. The molecule has 0 amide bonds. The van der Waals surface area contributed by atoms with Gasteiger partial charge >= 0.3 is 6.18 Å². The van der Waals surface area contributed by atoms with Gasteiger partial charge in [-0.25, -0.2) is 12.8 Å². The Labute approximate surface area is 203 Å². The van der Waals surface area contributed by atoms with Crippen LogP contribution in [0.3, 0.4) is 0 Å². The topological polar surface area (TPSA) is 120 Å². The van der Waals surface area contributed by atoms with Gasteiger partial charge in [0.05, 0.1) is 22.7 Å². The van der Waals surface area contributed by atoms with E-state index in [9.17, 15) is 31.1 Å². The van der Waals surface area contributed by atoms with Crippen molar-refractivity contribution in [2.45, 2.75) is 55.3 Å². The van der Waals surface area contributed by atoms with Crippen LogP contribution in [-0.2, 0) is 34.9 Å². The largest absolute Gasteiger partial charge is 0.424 e. The summed E-state index contributed by atoms with van der Waals surface area (Å²) in [7, 11) is -4.30. The molecule has 2 aromatic carbocycles. The lowest BCUT2D eigenvalue weighted by molar-refractivity contribution is -0.258. The molecule has 0 fully saturated rings. The molecule has 1 aliphatic heterocycles. The number of nitriles is 1. The summed E-state index contributed by atoms with van der Waals surface area (Å²) >= 11 is 0. The Morgan fingerprint density at radius 2 is 1.83 bits per heavy atom. The minimum atomic E-state index is -4.95. The fourth-order valence-corrected chi connectivity index (χ4v) is 5.76. The molecule has 190 valence electrons. The van der Waals surface area contributed by atoms with E-state index in [4.69, 9.17) is 9.68 Å². The average Bonchev–Trinajstić information content (AvgIpc) is 3.25. The number of aryl methyl sites for hydroxylation is 1. The normalized spacial score (nSPS) is 17.8. The Morgan fingerprint density at radius 1 is 1.17 bits per heavy atom. The first-order valence-electron chi connectivity index (χ1n) is 10.8. The highest BCUT2D eigenvalue weighted by atomic mass is 32.2. The van der Waals surface area contributed by atoms with Crippen molar-refractivity contribution in [2.24, 2.45) is 0 Å². The van der Waals surface area contributed by atoms with Crippen LogP contribution in [0.15, 0.2) is 51.8 Å². The number of halogens is 4. The van der Waals surface area contributed by atoms with Crippen molar-refractivity contribution in [3.05, 3.63) is 71.2 Å². The van der Waals surface area contributed by atoms with E-state index in [1.165, 1.54) is 6.07 Å². The molecule has 1 unspecified atom stereocenters. The maximum Gasteiger partial charge on any atom is 0.421 e. The zero-order valence-corrected chi connectivity index (χ0v) is 19.6. The van der Waals surface area contributed by atoms with Gasteiger partial charge in [-0.15, -0.1) is 10.2 Å². The molecular formula is C23H20F4N4O4S. The molecule has 1 aliphatic rings. The molecule has 1 aromatic heterocycles. The lowest BCUT2D eigenvalue weighted by atomic mass is 9.89. The molecule has 8 nitrogen and oxygen atoms in total. The van der Waals surface area contributed by atoms with E-state index in [0.29, 0.717) is 6.92 Å². The Kier molecular flexibility index (Phi) is 6.52. The molecule has 36 heavy (non-hydrogen) atoms. The van der Waals surface area contributed by atoms with Crippen LogP contribution in [0.2, 0.25) is 0 Å². The zero-order valence-electron chi connectivity index (χ0n) is 18.8. The third kappa shape index (κ3) is 4.66. The summed E-state index contributed by atoms with van der Waals surface area (Å²) in [6, 6.07) is 8.65. The predicted octanol–water partition coefficient (Wildman–Crippen LogP) is 3.80. The second-order valence-corrected chi connectivity index (χ2v) is 10.3. The second-order valence-electron chi connectivity index (χ2n) is 8.49. The van der Waals surface area contributed by atoms with Gasteiger partial charge in [-0.2, -0.15) is 18.4 Å². The van der Waals surface area contributed by atoms with Gasteiger partial charge in [0.15, 0.2) is 5.60 Å². The molecule has 4 rings (SSSR count). The lowest BCUT2D eigenvalue weighted by Gasteiger charge is -2.38. The number of hydrogen-bond acceptors (Lipinski definition) is 7. The number of anilines is 1. The first-order valence-corrected chi connectivity index (χ1v) is 12.2. The Hall–Kier alpha value is -3.50. The molecule has 2 atom stereocenters. The van der Waals surface area contributed by atoms with Crippen LogP contribution in [0, 0.1) is 17.1 Å². The van der Waals surface area contributed by atoms with Gasteiger partial charge in [0.1, 0.15) is 12.2 Å². The van der Waals surface area contributed by atoms with Crippen LogP contribution in [0.25, 0.3) is 0 Å². The molecule has 3 aromatic rings. The zero-order chi connectivity index (χ0) is 26.3. The SMILES string of the molecule is CC(O)(c1ccc2c(c1)CC[C@@H](Cc1nnc(CC#N)o1)N2S(=O)(=O)c1ccc(F)cc1)C(F)(F)F. The maximum atomic E-state index is 13.7. The van der Waals surface area contributed by atoms with Crippen molar-refractivity contribution in [3.8, 4) is 6.07 Å². The van der Waals surface area contributed by atoms with E-state index >= 15 is 0 Å². The fraction of sp³-hybridized carbons (Fsp3) is 0.348. The van der Waals surface area contributed by atoms with Crippen molar-refractivity contribution in [1.29, 1.82) is 5.26 Å². The minimum absolute atomic E-state index is 0.0275. The van der Waals surface area contributed by atoms with Crippen LogP contribution >= 0.6 is 0 Å². The number of sulfonamides is 1. The molecule has 0 saturated heterocycles. The maximum absolute atomic E-state index is 13.7. The van der Waals surface area contributed by atoms with E-state index in [1.807, 2.05) is 6.07 Å². The van der Waals surface area contributed by atoms with Crippen molar-refractivity contribution in [2.75, 3.05) is 4.31 Å². The van der Waals surface area contributed by atoms with Crippen LogP contribution in [-0.4, -0.2) is 35.9 Å². The Balaban J connectivity index is 1.79. The van der Waals surface area contributed by atoms with Gasteiger partial charge in [-0.3, -0.25) is 4.31 Å². The third-order valence-electron chi connectivity index (χ3n) is 6.03. The number of nitrogens with zero attached hydrogens (tertiary/aromatic N) is 4. The first-order chi connectivity index (χ1) is 16.8. The highest BCUT2D eigenvalue weighted by Gasteiger charge is 2.51. The summed E-state index contributed by atoms with van der Waals surface area (Å²) in [6.45, 7) is 0.627. The summed E-state index contributed by atoms with van der Waals surface area (Å²) in [5.74, 6) is -0.486. The molecule has 13 heteroatoms. The number of benzene rings is 2. The number of fused-ring (bicyclic) bond motifs is 1.